The maximum absolute atomic E-state index is 5.71. The van der Waals surface area contributed by atoms with Crippen LogP contribution < -0.4 is 10.2 Å². The van der Waals surface area contributed by atoms with Crippen LogP contribution in [0.5, 0.6) is 0 Å². The van der Waals surface area contributed by atoms with E-state index in [1.807, 2.05) is 84.9 Å². The second-order valence-corrected chi connectivity index (χ2v) is 16.7. The molecule has 2 fully saturated rings. The smallest absolute Gasteiger partial charge is 0.129 e. The van der Waals surface area contributed by atoms with Gasteiger partial charge < -0.3 is 10.2 Å². The Hall–Kier alpha value is -6.84. The highest BCUT2D eigenvalue weighted by Crippen LogP contribution is 2.36. The number of halogens is 2. The van der Waals surface area contributed by atoms with Gasteiger partial charge >= 0.3 is 0 Å². The van der Waals surface area contributed by atoms with E-state index in [-0.39, 0.29) is 12.4 Å². The van der Waals surface area contributed by atoms with E-state index in [9.17, 15) is 0 Å². The van der Waals surface area contributed by atoms with E-state index in [2.05, 4.69) is 108 Å². The normalized spacial score (nSPS) is 13.6. The molecule has 0 unspecified atom stereocenters. The molecule has 10 heteroatoms. The van der Waals surface area contributed by atoms with Crippen LogP contribution in [0.25, 0.3) is 66.4 Å². The van der Waals surface area contributed by atoms with Gasteiger partial charge in [0.05, 0.1) is 55.9 Å². The van der Waals surface area contributed by atoms with E-state index >= 15 is 0 Å². The number of nitrogens with one attached hydrogen (secondary N) is 1. The second-order valence-electron chi connectivity index (χ2n) is 16.3. The topological polar surface area (TPSA) is 92.6 Å². The number of fused-ring (bicyclic) bond motifs is 4. The number of nitrogens with zero attached hydrogens (tertiary/aromatic N) is 7. The molecular formula is C54H46Cl2N8. The molecule has 0 amide bonds. The van der Waals surface area contributed by atoms with Gasteiger partial charge in [-0.05, 0) is 86.6 Å². The van der Waals surface area contributed by atoms with Gasteiger partial charge in [-0.1, -0.05) is 120 Å². The molecule has 2 aliphatic heterocycles. The van der Waals surface area contributed by atoms with Crippen LogP contribution in [0.4, 0.5) is 5.82 Å². The van der Waals surface area contributed by atoms with E-state index in [1.165, 1.54) is 16.5 Å². The first-order valence-corrected chi connectivity index (χ1v) is 21.8. The predicted molar refractivity (Wildman–Crippen MR) is 266 cm³/mol. The third-order valence-corrected chi connectivity index (χ3v) is 11.9. The van der Waals surface area contributed by atoms with Gasteiger partial charge in [-0.2, -0.15) is 0 Å². The lowest BCUT2D eigenvalue weighted by Gasteiger charge is -2.40. The molecule has 0 saturated carbocycles. The highest BCUT2D eigenvalue weighted by Gasteiger charge is 2.33. The van der Waals surface area contributed by atoms with Crippen molar-refractivity contribution in [2.75, 3.05) is 31.1 Å². The molecule has 316 valence electrons. The first-order valence-electron chi connectivity index (χ1n) is 21.4. The number of hydrogen-bond donors (Lipinski definition) is 1. The van der Waals surface area contributed by atoms with Gasteiger partial charge in [0.25, 0.3) is 0 Å². The zero-order chi connectivity index (χ0) is 42.7. The Kier molecular flexibility index (Phi) is 12.5. The van der Waals surface area contributed by atoms with E-state index in [0.29, 0.717) is 17.0 Å². The van der Waals surface area contributed by atoms with Crippen molar-refractivity contribution >= 4 is 73.7 Å². The molecule has 4 aromatic heterocycles. The monoisotopic (exact) mass is 876 g/mol. The number of hydrogen-bond acceptors (Lipinski definition) is 8. The van der Waals surface area contributed by atoms with Crippen molar-refractivity contribution in [1.82, 2.24) is 35.2 Å². The van der Waals surface area contributed by atoms with Gasteiger partial charge in [0.2, 0.25) is 0 Å². The molecule has 0 aliphatic carbocycles. The Balaban J connectivity index is 0.000000135. The molecule has 0 atom stereocenters. The highest BCUT2D eigenvalue weighted by molar-refractivity contribution is 6.29. The van der Waals surface area contributed by atoms with Crippen LogP contribution in [0.1, 0.15) is 34.4 Å². The van der Waals surface area contributed by atoms with Crippen molar-refractivity contribution in [1.29, 1.82) is 0 Å². The molecule has 12 rings (SSSR count). The molecule has 0 bridgehead atoms. The number of benzene rings is 6. The lowest BCUT2D eigenvalue weighted by Crippen LogP contribution is -2.46. The Morgan fingerprint density at radius 2 is 0.906 bits per heavy atom. The number of pyridine rings is 2. The molecule has 2 saturated heterocycles. The van der Waals surface area contributed by atoms with Crippen molar-refractivity contribution < 1.29 is 0 Å². The lowest BCUT2D eigenvalue weighted by atomic mass is 9.91. The summed E-state index contributed by atoms with van der Waals surface area (Å²) in [5.41, 5.74) is 14.8. The summed E-state index contributed by atoms with van der Waals surface area (Å²) < 4.78 is 0. The minimum absolute atomic E-state index is 0. The summed E-state index contributed by atoms with van der Waals surface area (Å²) in [5, 5.41) is 6.17. The molecular weight excluding hydrogens is 832 g/mol. The van der Waals surface area contributed by atoms with Crippen LogP contribution in [0.2, 0.25) is 5.15 Å². The van der Waals surface area contributed by atoms with Gasteiger partial charge in [-0.25, -0.2) is 29.9 Å². The number of rotatable bonds is 5. The molecule has 0 spiro atoms. The van der Waals surface area contributed by atoms with Crippen LogP contribution in [0.15, 0.2) is 170 Å². The van der Waals surface area contributed by atoms with E-state index in [0.717, 1.165) is 104 Å². The van der Waals surface area contributed by atoms with Crippen LogP contribution in [-0.2, 0) is 0 Å². The maximum atomic E-state index is 5.71. The minimum Gasteiger partial charge on any atom is -0.355 e. The second kappa shape index (κ2) is 18.9. The maximum Gasteiger partial charge on any atom is 0.129 e. The number of aromatic nitrogens is 6. The van der Waals surface area contributed by atoms with E-state index in [1.54, 1.807) is 6.07 Å². The van der Waals surface area contributed by atoms with Gasteiger partial charge in [0, 0.05) is 59.9 Å². The third kappa shape index (κ3) is 9.13. The minimum atomic E-state index is 0. The predicted octanol–water partition coefficient (Wildman–Crippen LogP) is 12.4. The zero-order valence-electron chi connectivity index (χ0n) is 35.6. The lowest BCUT2D eigenvalue weighted by molar-refractivity contribution is 0.441. The van der Waals surface area contributed by atoms with Crippen molar-refractivity contribution in [3.8, 4) is 22.5 Å². The molecule has 6 heterocycles. The van der Waals surface area contributed by atoms with Crippen LogP contribution >= 0.6 is 24.0 Å². The summed E-state index contributed by atoms with van der Waals surface area (Å²) in [7, 11) is 0. The van der Waals surface area contributed by atoms with Gasteiger partial charge in [0.15, 0.2) is 0 Å². The first-order chi connectivity index (χ1) is 30.9. The molecule has 6 aromatic carbocycles. The Morgan fingerprint density at radius 3 is 1.41 bits per heavy atom. The summed E-state index contributed by atoms with van der Waals surface area (Å²) in [6, 6.07) is 57.5. The Bertz CT molecular complexity index is 3260. The van der Waals surface area contributed by atoms with Crippen molar-refractivity contribution in [3.05, 3.63) is 198 Å². The standard InChI is InChI=1S/C27H22N4.C18H17N3.C9H6ClN.ClH/c1-18-7-6-9-20(15-18)26-27(30-24-12-5-4-11-23(24)29-26)21-16-31(17-21)25-14-13-19-8-2-3-10-22(19)28-25;1-12-5-4-6-13(9-12)17-18(14-10-19-11-14)21-16-8-3-2-7-15(16)20-17;10-9-6-5-7-3-1-2-4-8(7)11-9;/h2-15,21H,16-17H2,1H3;2-9,14,19H,10-11H2,1H3;1-6H;1H. The fourth-order valence-electron chi connectivity index (χ4n) is 8.20. The van der Waals surface area contributed by atoms with E-state index < -0.39 is 0 Å². The van der Waals surface area contributed by atoms with Crippen LogP contribution in [0.3, 0.4) is 0 Å². The largest absolute Gasteiger partial charge is 0.355 e. The average Bonchev–Trinajstić information content (AvgIpc) is 3.28. The summed E-state index contributed by atoms with van der Waals surface area (Å²) >= 11 is 5.71. The Labute approximate surface area is 383 Å². The SMILES string of the molecule is Cc1cccc(-c2nc3ccccc3nc2C2CN(c3ccc4ccccc4n3)C2)c1.Cc1cccc(-c2nc3ccccc3nc2C2CNC2)c1.Cl.Clc1ccc2ccccc2n1. The first kappa shape index (κ1) is 42.5. The van der Waals surface area contributed by atoms with Crippen molar-refractivity contribution in [2.24, 2.45) is 0 Å². The molecule has 1 N–H and O–H groups in total. The molecule has 0 radical (unpaired) electrons. The van der Waals surface area contributed by atoms with Crippen LogP contribution in [-0.4, -0.2) is 56.1 Å². The fourth-order valence-corrected chi connectivity index (χ4v) is 8.35. The van der Waals surface area contributed by atoms with Gasteiger partial charge in [-0.3, -0.25) is 0 Å². The molecule has 8 nitrogen and oxygen atoms in total. The van der Waals surface area contributed by atoms with Gasteiger partial charge in [-0.15, -0.1) is 12.4 Å². The molecule has 2 aliphatic rings. The zero-order valence-corrected chi connectivity index (χ0v) is 37.1. The highest BCUT2D eigenvalue weighted by atomic mass is 35.5. The number of para-hydroxylation sites is 6. The summed E-state index contributed by atoms with van der Waals surface area (Å²) in [4.78, 5) is 31.2. The number of aryl methyl sites for hydroxylation is 2. The van der Waals surface area contributed by atoms with Gasteiger partial charge in [0.1, 0.15) is 11.0 Å². The fraction of sp³-hybridized carbons (Fsp3) is 0.148. The summed E-state index contributed by atoms with van der Waals surface area (Å²) in [5.74, 6) is 1.83. The summed E-state index contributed by atoms with van der Waals surface area (Å²) in [6.07, 6.45) is 0. The molecule has 10 aromatic rings. The van der Waals surface area contributed by atoms with E-state index in [4.69, 9.17) is 36.5 Å². The third-order valence-electron chi connectivity index (χ3n) is 11.7. The van der Waals surface area contributed by atoms with Crippen LogP contribution in [0, 0.1) is 13.8 Å². The number of anilines is 1. The Morgan fingerprint density at radius 1 is 0.453 bits per heavy atom. The molecule has 64 heavy (non-hydrogen) atoms. The average molecular weight is 878 g/mol. The quantitative estimate of drug-likeness (QED) is 0.171. The van der Waals surface area contributed by atoms with Crippen molar-refractivity contribution in [2.45, 2.75) is 25.7 Å². The summed E-state index contributed by atoms with van der Waals surface area (Å²) in [6.45, 7) is 8.02. The van der Waals surface area contributed by atoms with Crippen molar-refractivity contribution in [3.63, 3.8) is 0 Å².